The van der Waals surface area contributed by atoms with Gasteiger partial charge >= 0.3 is 0 Å². The number of hydrogen-bond donors (Lipinski definition) is 1. The van der Waals surface area contributed by atoms with Gasteiger partial charge in [-0.2, -0.15) is 17.0 Å². The van der Waals surface area contributed by atoms with Crippen LogP contribution in [0.1, 0.15) is 39.5 Å². The van der Waals surface area contributed by atoms with E-state index in [-0.39, 0.29) is 6.04 Å². The molecule has 6 heteroatoms. The summed E-state index contributed by atoms with van der Waals surface area (Å²) in [5, 5.41) is 0. The van der Waals surface area contributed by atoms with Gasteiger partial charge in [-0.25, -0.2) is 0 Å². The third-order valence-corrected chi connectivity index (χ3v) is 5.84. The van der Waals surface area contributed by atoms with Gasteiger partial charge in [0, 0.05) is 32.7 Å². The molecule has 0 aromatic heterocycles. The van der Waals surface area contributed by atoms with Gasteiger partial charge in [0.05, 0.1) is 0 Å². The Morgan fingerprint density at radius 1 is 1.44 bits per heavy atom. The van der Waals surface area contributed by atoms with Crippen LogP contribution in [0.4, 0.5) is 0 Å². The molecule has 0 amide bonds. The number of piperidine rings is 1. The van der Waals surface area contributed by atoms with Gasteiger partial charge in [0.15, 0.2) is 0 Å². The third-order valence-electron chi connectivity index (χ3n) is 3.82. The molecule has 1 aliphatic rings. The lowest BCUT2D eigenvalue weighted by Crippen LogP contribution is -2.55. The molecule has 1 saturated heterocycles. The monoisotopic (exact) mass is 277 g/mol. The van der Waals surface area contributed by atoms with Crippen molar-refractivity contribution in [1.82, 2.24) is 8.61 Å². The maximum atomic E-state index is 12.5. The predicted molar refractivity (Wildman–Crippen MR) is 74.4 cm³/mol. The van der Waals surface area contributed by atoms with E-state index < -0.39 is 10.2 Å². The van der Waals surface area contributed by atoms with Crippen molar-refractivity contribution in [2.45, 2.75) is 45.6 Å². The molecule has 1 rings (SSSR count). The number of unbranched alkanes of at least 4 members (excludes halogenated alkanes) is 1. The Morgan fingerprint density at radius 2 is 2.11 bits per heavy atom. The number of rotatable bonds is 6. The van der Waals surface area contributed by atoms with Crippen LogP contribution in [0.15, 0.2) is 0 Å². The largest absolute Gasteiger partial charge is 0.329 e. The second kappa shape index (κ2) is 6.84. The molecule has 0 radical (unpaired) electrons. The summed E-state index contributed by atoms with van der Waals surface area (Å²) in [5.41, 5.74) is 5.76. The Balaban J connectivity index is 2.81. The van der Waals surface area contributed by atoms with Crippen molar-refractivity contribution in [1.29, 1.82) is 0 Å². The minimum absolute atomic E-state index is 0.0483. The first-order valence-corrected chi connectivity index (χ1v) is 8.28. The first-order chi connectivity index (χ1) is 8.45. The highest BCUT2D eigenvalue weighted by Gasteiger charge is 2.37. The average molecular weight is 277 g/mol. The number of nitrogens with two attached hydrogens (primary N) is 1. The van der Waals surface area contributed by atoms with Gasteiger partial charge in [0.25, 0.3) is 10.2 Å². The summed E-state index contributed by atoms with van der Waals surface area (Å²) in [4.78, 5) is 0. The lowest BCUT2D eigenvalue weighted by atomic mass is 9.93. The molecule has 0 spiro atoms. The molecule has 2 N–H and O–H groups in total. The summed E-state index contributed by atoms with van der Waals surface area (Å²) in [6.07, 6.45) is 3.88. The van der Waals surface area contributed by atoms with Gasteiger partial charge in [0.1, 0.15) is 0 Å². The fraction of sp³-hybridized carbons (Fsp3) is 1.00. The summed E-state index contributed by atoms with van der Waals surface area (Å²) >= 11 is 0. The van der Waals surface area contributed by atoms with Crippen LogP contribution in [-0.2, 0) is 10.2 Å². The molecule has 1 aliphatic heterocycles. The third kappa shape index (κ3) is 3.44. The first-order valence-electron chi connectivity index (χ1n) is 6.88. The standard InChI is InChI=1S/C12H27N3O2S/c1-4-5-8-14(3)18(16,17)15-9-6-7-11(2)12(15)10-13/h11-12H,4-10,13H2,1-3H3. The van der Waals surface area contributed by atoms with Crippen LogP contribution in [-0.4, -0.2) is 49.8 Å². The Morgan fingerprint density at radius 3 is 2.67 bits per heavy atom. The highest BCUT2D eigenvalue weighted by atomic mass is 32.2. The van der Waals surface area contributed by atoms with Crippen LogP contribution in [0.5, 0.6) is 0 Å². The molecule has 1 heterocycles. The van der Waals surface area contributed by atoms with Crippen molar-refractivity contribution in [2.75, 3.05) is 26.7 Å². The summed E-state index contributed by atoms with van der Waals surface area (Å²) in [5.74, 6) is 0.345. The van der Waals surface area contributed by atoms with E-state index >= 15 is 0 Å². The van der Waals surface area contributed by atoms with E-state index in [1.165, 1.54) is 4.31 Å². The SMILES string of the molecule is CCCCN(C)S(=O)(=O)N1CCCC(C)C1CN. The van der Waals surface area contributed by atoms with Gasteiger partial charge in [-0.1, -0.05) is 20.3 Å². The molecule has 108 valence electrons. The van der Waals surface area contributed by atoms with Gasteiger partial charge < -0.3 is 5.73 Å². The lowest BCUT2D eigenvalue weighted by Gasteiger charge is -2.40. The van der Waals surface area contributed by atoms with Gasteiger partial charge in [-0.05, 0) is 25.2 Å². The van der Waals surface area contributed by atoms with E-state index in [1.54, 1.807) is 11.4 Å². The molecule has 0 bridgehead atoms. The van der Waals surface area contributed by atoms with Crippen LogP contribution in [0, 0.1) is 5.92 Å². The zero-order valence-electron chi connectivity index (χ0n) is 11.8. The van der Waals surface area contributed by atoms with E-state index in [0.29, 0.717) is 25.6 Å². The highest BCUT2D eigenvalue weighted by molar-refractivity contribution is 7.86. The maximum absolute atomic E-state index is 12.5. The molecular formula is C12H27N3O2S. The fourth-order valence-electron chi connectivity index (χ4n) is 2.52. The quantitative estimate of drug-likeness (QED) is 0.788. The van der Waals surface area contributed by atoms with Gasteiger partial charge in [0.2, 0.25) is 0 Å². The summed E-state index contributed by atoms with van der Waals surface area (Å²) in [6.45, 7) is 5.74. The van der Waals surface area contributed by atoms with Crippen LogP contribution in [0.3, 0.4) is 0 Å². The topological polar surface area (TPSA) is 66.6 Å². The van der Waals surface area contributed by atoms with E-state index in [4.69, 9.17) is 5.73 Å². The van der Waals surface area contributed by atoms with Gasteiger partial charge in [-0.3, -0.25) is 0 Å². The summed E-state index contributed by atoms with van der Waals surface area (Å²) in [6, 6.07) is -0.0483. The Bertz CT molecular complexity index is 345. The van der Waals surface area contributed by atoms with Crippen LogP contribution >= 0.6 is 0 Å². The predicted octanol–water partition coefficient (Wildman–Crippen LogP) is 1.02. The van der Waals surface area contributed by atoms with E-state index in [0.717, 1.165) is 25.7 Å². The molecular weight excluding hydrogens is 250 g/mol. The van der Waals surface area contributed by atoms with Crippen molar-refractivity contribution in [2.24, 2.45) is 11.7 Å². The van der Waals surface area contributed by atoms with Gasteiger partial charge in [-0.15, -0.1) is 0 Å². The molecule has 1 fully saturated rings. The molecule has 18 heavy (non-hydrogen) atoms. The van der Waals surface area contributed by atoms with E-state index in [9.17, 15) is 8.42 Å². The highest BCUT2D eigenvalue weighted by Crippen LogP contribution is 2.26. The summed E-state index contributed by atoms with van der Waals surface area (Å²) < 4.78 is 28.1. The maximum Gasteiger partial charge on any atom is 0.282 e. The first kappa shape index (κ1) is 15.9. The smallest absolute Gasteiger partial charge is 0.282 e. The lowest BCUT2D eigenvalue weighted by molar-refractivity contribution is 0.182. The molecule has 0 aromatic rings. The van der Waals surface area contributed by atoms with Crippen molar-refractivity contribution < 1.29 is 8.42 Å². The van der Waals surface area contributed by atoms with Crippen LogP contribution in [0.25, 0.3) is 0 Å². The molecule has 0 aromatic carbocycles. The number of nitrogens with zero attached hydrogens (tertiary/aromatic N) is 2. The molecule has 0 saturated carbocycles. The summed E-state index contributed by atoms with van der Waals surface area (Å²) in [7, 11) is -1.68. The van der Waals surface area contributed by atoms with E-state index in [2.05, 4.69) is 13.8 Å². The normalized spacial score (nSPS) is 26.7. The fourth-order valence-corrected chi connectivity index (χ4v) is 4.24. The Kier molecular flexibility index (Phi) is 6.04. The van der Waals surface area contributed by atoms with E-state index in [1.807, 2.05) is 0 Å². The second-order valence-corrected chi connectivity index (χ2v) is 7.20. The Hall–Kier alpha value is -0.170. The minimum Gasteiger partial charge on any atom is -0.329 e. The molecule has 2 unspecified atom stereocenters. The van der Waals surface area contributed by atoms with Crippen molar-refractivity contribution in [3.05, 3.63) is 0 Å². The zero-order valence-corrected chi connectivity index (χ0v) is 12.6. The number of hydrogen-bond acceptors (Lipinski definition) is 3. The van der Waals surface area contributed by atoms with Crippen molar-refractivity contribution in [3.63, 3.8) is 0 Å². The minimum atomic E-state index is -3.34. The zero-order chi connectivity index (χ0) is 13.8. The second-order valence-electron chi connectivity index (χ2n) is 5.22. The van der Waals surface area contributed by atoms with Crippen LogP contribution < -0.4 is 5.73 Å². The van der Waals surface area contributed by atoms with Crippen molar-refractivity contribution in [3.8, 4) is 0 Å². The average Bonchev–Trinajstić information content (AvgIpc) is 2.35. The van der Waals surface area contributed by atoms with Crippen LogP contribution in [0.2, 0.25) is 0 Å². The Labute approximate surface area is 112 Å². The van der Waals surface area contributed by atoms with Crippen molar-refractivity contribution >= 4 is 10.2 Å². The molecule has 0 aliphatic carbocycles. The molecule has 2 atom stereocenters. The molecule has 5 nitrogen and oxygen atoms in total.